The third kappa shape index (κ3) is 5.19. The van der Waals surface area contributed by atoms with Gasteiger partial charge in [-0.3, -0.25) is 0 Å². The van der Waals surface area contributed by atoms with Crippen LogP contribution in [0.5, 0.6) is 0 Å². The molecular weight excluding hydrogens is 376 g/mol. The molecule has 0 spiro atoms. The van der Waals surface area contributed by atoms with E-state index in [1.807, 2.05) is 24.3 Å². The summed E-state index contributed by atoms with van der Waals surface area (Å²) in [6.45, 7) is 11.2. The molecule has 0 aromatic heterocycles. The lowest BCUT2D eigenvalue weighted by Crippen LogP contribution is -2.10. The topological polar surface area (TPSA) is 52.0 Å². The van der Waals surface area contributed by atoms with Gasteiger partial charge in [0.25, 0.3) is 0 Å². The van der Waals surface area contributed by atoms with Crippen LogP contribution in [0.15, 0.2) is 72.3 Å². The molecule has 31 heavy (non-hydrogen) atoms. The van der Waals surface area contributed by atoms with Crippen LogP contribution >= 0.6 is 0 Å². The second-order valence-corrected chi connectivity index (χ2v) is 8.97. The minimum absolute atomic E-state index is 0.403. The Labute approximate surface area is 188 Å². The molecule has 0 bridgehead atoms. The molecule has 0 aliphatic heterocycles. The zero-order chi connectivity index (χ0) is 22.5. The van der Waals surface area contributed by atoms with Crippen LogP contribution in [-0.4, -0.2) is 0 Å². The molecule has 0 radical (unpaired) electrons. The summed E-state index contributed by atoms with van der Waals surface area (Å²) in [5.74, 6) is 1.29. The summed E-state index contributed by atoms with van der Waals surface area (Å²) in [5, 5.41) is 0. The molecule has 3 aromatic carbocycles. The second kappa shape index (κ2) is 9.87. The third-order valence-corrected chi connectivity index (χ3v) is 6.36. The molecule has 1 atom stereocenters. The van der Waals surface area contributed by atoms with Crippen molar-refractivity contribution in [3.8, 4) is 22.3 Å². The molecule has 1 aliphatic carbocycles. The first-order chi connectivity index (χ1) is 14.8. The van der Waals surface area contributed by atoms with E-state index in [1.165, 1.54) is 45.4 Å². The van der Waals surface area contributed by atoms with E-state index in [0.29, 0.717) is 5.92 Å². The number of fused-ring (bicyclic) bond motifs is 1. The first-order valence-electron chi connectivity index (χ1n) is 11.4. The summed E-state index contributed by atoms with van der Waals surface area (Å²) in [6, 6.07) is 20.9. The van der Waals surface area contributed by atoms with Gasteiger partial charge in [-0.25, -0.2) is 0 Å². The average molecular weight is 413 g/mol. The highest BCUT2D eigenvalue weighted by Gasteiger charge is 2.23. The van der Waals surface area contributed by atoms with Crippen molar-refractivity contribution in [2.24, 2.45) is 5.92 Å². The van der Waals surface area contributed by atoms with Gasteiger partial charge in [-0.1, -0.05) is 82.2 Å². The molecule has 2 nitrogen and oxygen atoms in total. The smallest absolute Gasteiger partial charge is 0.0314 e. The summed E-state index contributed by atoms with van der Waals surface area (Å²) in [5.41, 5.74) is 22.7. The third-order valence-electron chi connectivity index (χ3n) is 6.36. The van der Waals surface area contributed by atoms with E-state index in [9.17, 15) is 0 Å². The van der Waals surface area contributed by atoms with Crippen LogP contribution in [0.1, 0.15) is 58.1 Å². The number of hydrogen-bond acceptors (Lipinski definition) is 2. The molecule has 162 valence electrons. The Morgan fingerprint density at radius 2 is 1.26 bits per heavy atom. The number of allylic oxidation sites excluding steroid dienone is 2. The largest absolute Gasteiger partial charge is 0.399 e. The van der Waals surface area contributed by atoms with Crippen molar-refractivity contribution in [3.05, 3.63) is 83.4 Å². The van der Waals surface area contributed by atoms with Crippen molar-refractivity contribution in [1.29, 1.82) is 0 Å². The molecule has 3 aromatic rings. The Hall–Kier alpha value is -3.00. The van der Waals surface area contributed by atoms with E-state index in [-0.39, 0.29) is 0 Å². The first kappa shape index (κ1) is 22.7. The summed E-state index contributed by atoms with van der Waals surface area (Å²) in [6.07, 6.45) is 4.63. The van der Waals surface area contributed by atoms with Gasteiger partial charge in [0.2, 0.25) is 0 Å². The summed E-state index contributed by atoms with van der Waals surface area (Å²) >= 11 is 0. The molecule has 1 aliphatic rings. The molecule has 0 heterocycles. The minimum atomic E-state index is 0.403. The normalized spacial score (nSPS) is 15.0. The van der Waals surface area contributed by atoms with Gasteiger partial charge in [0.15, 0.2) is 0 Å². The Morgan fingerprint density at radius 3 is 1.74 bits per heavy atom. The van der Waals surface area contributed by atoms with E-state index in [2.05, 4.69) is 77.1 Å². The molecule has 0 saturated heterocycles. The highest BCUT2D eigenvalue weighted by Crippen LogP contribution is 2.43. The molecule has 2 heteroatoms. The van der Waals surface area contributed by atoms with Gasteiger partial charge in [0.05, 0.1) is 0 Å². The van der Waals surface area contributed by atoms with Gasteiger partial charge in [-0.2, -0.15) is 0 Å². The Bertz CT molecular complexity index is 1040. The second-order valence-electron chi connectivity index (χ2n) is 8.97. The predicted molar refractivity (Wildman–Crippen MR) is 137 cm³/mol. The minimum Gasteiger partial charge on any atom is -0.399 e. The molecule has 4 rings (SSSR count). The van der Waals surface area contributed by atoms with E-state index in [1.54, 1.807) is 0 Å². The maximum absolute atomic E-state index is 5.88. The van der Waals surface area contributed by atoms with Crippen molar-refractivity contribution in [2.45, 2.75) is 53.4 Å². The fourth-order valence-electron chi connectivity index (χ4n) is 3.89. The van der Waals surface area contributed by atoms with Crippen molar-refractivity contribution in [1.82, 2.24) is 0 Å². The highest BCUT2D eigenvalue weighted by molar-refractivity contribution is 5.80. The van der Waals surface area contributed by atoms with Gasteiger partial charge in [-0.15, -0.1) is 0 Å². The van der Waals surface area contributed by atoms with Crippen LogP contribution in [0.2, 0.25) is 0 Å². The predicted octanol–water partition coefficient (Wildman–Crippen LogP) is 7.84. The van der Waals surface area contributed by atoms with Crippen molar-refractivity contribution >= 4 is 11.4 Å². The van der Waals surface area contributed by atoms with Crippen LogP contribution in [0, 0.1) is 5.92 Å². The molecule has 1 unspecified atom stereocenters. The fraction of sp³-hybridized carbons (Fsp3) is 0.310. The van der Waals surface area contributed by atoms with Crippen molar-refractivity contribution in [3.63, 3.8) is 0 Å². The SMILES string of the molecule is CC1=CCc2c(-c3ccc(N)cc3)ccc(-c3ccc(N)cc3)c2C1C.CCC(C)C. The Balaban J connectivity index is 0.000000491. The summed E-state index contributed by atoms with van der Waals surface area (Å²) < 4.78 is 0. The zero-order valence-electron chi connectivity index (χ0n) is 19.6. The summed E-state index contributed by atoms with van der Waals surface area (Å²) in [4.78, 5) is 0. The maximum atomic E-state index is 5.88. The number of nitrogen functional groups attached to an aromatic ring is 2. The Kier molecular flexibility index (Phi) is 7.22. The van der Waals surface area contributed by atoms with Crippen LogP contribution in [0.25, 0.3) is 22.3 Å². The van der Waals surface area contributed by atoms with Crippen LogP contribution in [-0.2, 0) is 6.42 Å². The monoisotopic (exact) mass is 412 g/mol. The van der Waals surface area contributed by atoms with Crippen LogP contribution < -0.4 is 11.5 Å². The number of rotatable bonds is 3. The lowest BCUT2D eigenvalue weighted by atomic mass is 9.76. The highest BCUT2D eigenvalue weighted by atomic mass is 14.5. The number of anilines is 2. The van der Waals surface area contributed by atoms with E-state index in [4.69, 9.17) is 11.5 Å². The quantitative estimate of drug-likeness (QED) is 0.340. The number of nitrogens with two attached hydrogens (primary N) is 2. The Morgan fingerprint density at radius 1 is 0.806 bits per heavy atom. The molecular formula is C29H36N2. The van der Waals surface area contributed by atoms with Crippen LogP contribution in [0.3, 0.4) is 0 Å². The van der Waals surface area contributed by atoms with Crippen molar-refractivity contribution < 1.29 is 0 Å². The van der Waals surface area contributed by atoms with Crippen molar-refractivity contribution in [2.75, 3.05) is 11.5 Å². The van der Waals surface area contributed by atoms with Crippen LogP contribution in [0.4, 0.5) is 11.4 Å². The number of hydrogen-bond donors (Lipinski definition) is 2. The zero-order valence-corrected chi connectivity index (χ0v) is 19.6. The molecule has 0 saturated carbocycles. The van der Waals surface area contributed by atoms with E-state index < -0.39 is 0 Å². The van der Waals surface area contributed by atoms with Gasteiger partial charge >= 0.3 is 0 Å². The lowest BCUT2D eigenvalue weighted by Gasteiger charge is -2.28. The molecule has 4 N–H and O–H groups in total. The lowest BCUT2D eigenvalue weighted by molar-refractivity contribution is 0.626. The summed E-state index contributed by atoms with van der Waals surface area (Å²) in [7, 11) is 0. The molecule has 0 fully saturated rings. The van der Waals surface area contributed by atoms with Gasteiger partial charge in [0.1, 0.15) is 0 Å². The van der Waals surface area contributed by atoms with Gasteiger partial charge < -0.3 is 11.5 Å². The first-order valence-corrected chi connectivity index (χ1v) is 11.4. The standard InChI is InChI=1S/C24H24N2.C5H12/c1-15-3-12-23-21(17-4-8-19(25)9-5-17)13-14-22(24(23)16(15)2)18-6-10-20(26)11-7-18;1-4-5(2)3/h3-11,13-14,16H,12,25-26H2,1-2H3;5H,4H2,1-3H3. The molecule has 0 amide bonds. The number of benzene rings is 3. The fourth-order valence-corrected chi connectivity index (χ4v) is 3.89. The average Bonchev–Trinajstić information content (AvgIpc) is 2.77. The maximum Gasteiger partial charge on any atom is 0.0314 e. The van der Waals surface area contributed by atoms with Gasteiger partial charge in [-0.05, 0) is 76.9 Å². The van der Waals surface area contributed by atoms with E-state index in [0.717, 1.165) is 23.7 Å². The van der Waals surface area contributed by atoms with Gasteiger partial charge in [0, 0.05) is 17.3 Å². The van der Waals surface area contributed by atoms with E-state index >= 15 is 0 Å².